The quantitative estimate of drug-likeness (QED) is 0.585. The van der Waals surface area contributed by atoms with Crippen molar-refractivity contribution in [3.8, 4) is 0 Å². The van der Waals surface area contributed by atoms with Gasteiger partial charge in [0.05, 0.1) is 13.0 Å². The van der Waals surface area contributed by atoms with E-state index in [4.69, 9.17) is 10.6 Å². The van der Waals surface area contributed by atoms with Gasteiger partial charge in [-0.15, -0.1) is 12.4 Å². The van der Waals surface area contributed by atoms with Crippen molar-refractivity contribution in [3.05, 3.63) is 0 Å². The summed E-state index contributed by atoms with van der Waals surface area (Å²) in [6, 6.07) is -0.558. The van der Waals surface area contributed by atoms with Crippen LogP contribution in [0.1, 0.15) is 27.2 Å². The first-order valence-corrected chi connectivity index (χ1v) is 5.56. The molecule has 1 fully saturated rings. The maximum atomic E-state index is 11.8. The van der Waals surface area contributed by atoms with Crippen LogP contribution in [-0.2, 0) is 19.1 Å². The molecule has 0 amide bonds. The van der Waals surface area contributed by atoms with E-state index in [1.165, 1.54) is 12.1 Å². The van der Waals surface area contributed by atoms with Crippen LogP contribution < -0.4 is 5.84 Å². The number of carbonyl (C=O) groups excluding carboxylic acids is 2. The number of halogens is 1. The molecule has 2 atom stereocenters. The molecule has 1 saturated heterocycles. The van der Waals surface area contributed by atoms with Crippen molar-refractivity contribution in [2.75, 3.05) is 13.7 Å². The van der Waals surface area contributed by atoms with Crippen LogP contribution in [0.15, 0.2) is 0 Å². The molecule has 6 nitrogen and oxygen atoms in total. The summed E-state index contributed by atoms with van der Waals surface area (Å²) in [7, 11) is 1.30. The second-order valence-electron chi connectivity index (χ2n) is 5.20. The molecule has 7 heteroatoms. The molecule has 1 heterocycles. The number of nitrogens with zero attached hydrogens (tertiary/aromatic N) is 1. The predicted molar refractivity (Wildman–Crippen MR) is 67.9 cm³/mol. The van der Waals surface area contributed by atoms with E-state index in [1.54, 1.807) is 20.8 Å². The Kier molecular flexibility index (Phi) is 6.06. The van der Waals surface area contributed by atoms with Crippen LogP contribution in [-0.4, -0.2) is 42.2 Å². The van der Waals surface area contributed by atoms with Crippen LogP contribution in [0.4, 0.5) is 0 Å². The summed E-state index contributed by atoms with van der Waals surface area (Å²) in [4.78, 5) is 23.2. The van der Waals surface area contributed by atoms with Crippen LogP contribution >= 0.6 is 12.4 Å². The summed E-state index contributed by atoms with van der Waals surface area (Å²) in [6.45, 7) is 5.72. The van der Waals surface area contributed by atoms with E-state index in [-0.39, 0.29) is 24.3 Å². The fourth-order valence-corrected chi connectivity index (χ4v) is 1.78. The highest BCUT2D eigenvalue weighted by molar-refractivity contribution is 5.85. The van der Waals surface area contributed by atoms with Gasteiger partial charge in [0.2, 0.25) is 0 Å². The van der Waals surface area contributed by atoms with E-state index in [2.05, 4.69) is 4.74 Å². The minimum atomic E-state index is -0.558. The molecule has 1 aliphatic heterocycles. The number of methoxy groups -OCH3 is 1. The fraction of sp³-hybridized carbons (Fsp3) is 0.818. The normalized spacial score (nSPS) is 24.3. The summed E-state index contributed by atoms with van der Waals surface area (Å²) in [6.07, 6.45) is 0.345. The second kappa shape index (κ2) is 6.36. The largest absolute Gasteiger partial charge is 0.468 e. The zero-order chi connectivity index (χ0) is 13.2. The minimum Gasteiger partial charge on any atom is -0.468 e. The van der Waals surface area contributed by atoms with E-state index < -0.39 is 17.6 Å². The first-order chi connectivity index (χ1) is 7.74. The van der Waals surface area contributed by atoms with Gasteiger partial charge in [-0.05, 0) is 27.2 Å². The first-order valence-electron chi connectivity index (χ1n) is 5.56. The molecule has 2 N–H and O–H groups in total. The van der Waals surface area contributed by atoms with Crippen molar-refractivity contribution in [1.82, 2.24) is 5.01 Å². The molecule has 18 heavy (non-hydrogen) atoms. The number of carbonyl (C=O) groups is 2. The first kappa shape index (κ1) is 17.2. The fourth-order valence-electron chi connectivity index (χ4n) is 1.78. The molecule has 0 bridgehead atoms. The molecular weight excluding hydrogens is 260 g/mol. The summed E-state index contributed by atoms with van der Waals surface area (Å²) in [5.41, 5.74) is -0.528. The van der Waals surface area contributed by atoms with Crippen LogP contribution in [0.2, 0.25) is 0 Å². The molecule has 0 spiro atoms. The van der Waals surface area contributed by atoms with E-state index >= 15 is 0 Å². The lowest BCUT2D eigenvalue weighted by atomic mass is 10.1. The smallest absolute Gasteiger partial charge is 0.324 e. The Morgan fingerprint density at radius 1 is 1.28 bits per heavy atom. The average molecular weight is 281 g/mol. The summed E-state index contributed by atoms with van der Waals surface area (Å²) < 4.78 is 9.88. The van der Waals surface area contributed by atoms with Gasteiger partial charge in [-0.25, -0.2) is 5.01 Å². The van der Waals surface area contributed by atoms with Gasteiger partial charge < -0.3 is 9.47 Å². The maximum Gasteiger partial charge on any atom is 0.324 e. The Labute approximate surface area is 113 Å². The SMILES string of the molecule is COC(=O)[C@H]1C[C@@H](C(=O)OC(C)(C)C)CN1N.Cl. The van der Waals surface area contributed by atoms with Crippen LogP contribution in [0, 0.1) is 5.92 Å². The second-order valence-corrected chi connectivity index (χ2v) is 5.20. The van der Waals surface area contributed by atoms with Crippen LogP contribution in [0.3, 0.4) is 0 Å². The van der Waals surface area contributed by atoms with Gasteiger partial charge in [0.1, 0.15) is 11.6 Å². The molecule has 0 aromatic rings. The highest BCUT2D eigenvalue weighted by atomic mass is 35.5. The standard InChI is InChI=1S/C11H20N2O4.ClH/c1-11(2,3)17-9(14)7-5-8(10(15)16-4)13(12)6-7;/h7-8H,5-6,12H2,1-4H3;1H/t7-,8-;/m1./s1. The van der Waals surface area contributed by atoms with E-state index in [0.29, 0.717) is 13.0 Å². The van der Waals surface area contributed by atoms with Crippen LogP contribution in [0.25, 0.3) is 0 Å². The molecular formula is C11H21ClN2O4. The number of hydrogen-bond acceptors (Lipinski definition) is 6. The van der Waals surface area contributed by atoms with Crippen molar-refractivity contribution in [2.45, 2.75) is 38.8 Å². The number of rotatable bonds is 2. The van der Waals surface area contributed by atoms with Crippen molar-refractivity contribution in [2.24, 2.45) is 11.8 Å². The topological polar surface area (TPSA) is 81.9 Å². The maximum absolute atomic E-state index is 11.8. The lowest BCUT2D eigenvalue weighted by molar-refractivity contribution is -0.159. The zero-order valence-corrected chi connectivity index (χ0v) is 12.0. The van der Waals surface area contributed by atoms with Gasteiger partial charge in [-0.2, -0.15) is 0 Å². The van der Waals surface area contributed by atoms with Crippen molar-refractivity contribution >= 4 is 24.3 Å². The number of ether oxygens (including phenoxy) is 2. The van der Waals surface area contributed by atoms with Gasteiger partial charge >= 0.3 is 11.9 Å². The predicted octanol–water partition coefficient (Wildman–Crippen LogP) is 0.487. The third kappa shape index (κ3) is 4.44. The number of hydrogen-bond donors (Lipinski definition) is 1. The van der Waals surface area contributed by atoms with Gasteiger partial charge in [0.15, 0.2) is 0 Å². The number of hydrazine groups is 1. The van der Waals surface area contributed by atoms with E-state index in [0.717, 1.165) is 0 Å². The molecule has 0 aliphatic carbocycles. The van der Waals surface area contributed by atoms with Crippen molar-refractivity contribution in [3.63, 3.8) is 0 Å². The molecule has 0 saturated carbocycles. The minimum absolute atomic E-state index is 0. The van der Waals surface area contributed by atoms with E-state index in [9.17, 15) is 9.59 Å². The molecule has 0 aromatic carbocycles. The summed E-state index contributed by atoms with van der Waals surface area (Å²) in [5.74, 6) is 4.56. The Hall–Kier alpha value is -0.850. The lowest BCUT2D eigenvalue weighted by Crippen LogP contribution is -2.41. The van der Waals surface area contributed by atoms with Gasteiger partial charge in [-0.1, -0.05) is 0 Å². The highest BCUT2D eigenvalue weighted by Crippen LogP contribution is 2.24. The van der Waals surface area contributed by atoms with Gasteiger partial charge in [0.25, 0.3) is 0 Å². The Bertz CT molecular complexity index is 317. The molecule has 0 aromatic heterocycles. The Morgan fingerprint density at radius 2 is 1.83 bits per heavy atom. The Balaban J connectivity index is 0.00000289. The number of nitrogens with two attached hydrogens (primary N) is 1. The van der Waals surface area contributed by atoms with Crippen molar-refractivity contribution < 1.29 is 19.1 Å². The number of esters is 2. The third-order valence-electron chi connectivity index (χ3n) is 2.55. The lowest BCUT2D eigenvalue weighted by Gasteiger charge is -2.21. The monoisotopic (exact) mass is 280 g/mol. The zero-order valence-electron chi connectivity index (χ0n) is 11.1. The van der Waals surface area contributed by atoms with Crippen LogP contribution in [0.5, 0.6) is 0 Å². The highest BCUT2D eigenvalue weighted by Gasteiger charge is 2.40. The molecule has 0 unspecified atom stereocenters. The molecule has 1 aliphatic rings. The average Bonchev–Trinajstić information content (AvgIpc) is 2.57. The molecule has 0 radical (unpaired) electrons. The van der Waals surface area contributed by atoms with Crippen molar-refractivity contribution in [1.29, 1.82) is 0 Å². The summed E-state index contributed by atoms with van der Waals surface area (Å²) in [5, 5.41) is 1.33. The third-order valence-corrected chi connectivity index (χ3v) is 2.55. The molecule has 106 valence electrons. The van der Waals surface area contributed by atoms with Gasteiger partial charge in [-0.3, -0.25) is 15.4 Å². The summed E-state index contributed by atoms with van der Waals surface area (Å²) >= 11 is 0. The molecule has 1 rings (SSSR count). The van der Waals surface area contributed by atoms with E-state index in [1.807, 2.05) is 0 Å². The van der Waals surface area contributed by atoms with Gasteiger partial charge in [0, 0.05) is 6.54 Å². The Morgan fingerprint density at radius 3 is 2.28 bits per heavy atom.